The summed E-state index contributed by atoms with van der Waals surface area (Å²) in [7, 11) is -3.79. The number of piperazine rings is 1. The predicted octanol–water partition coefficient (Wildman–Crippen LogP) is 3.68. The lowest BCUT2D eigenvalue weighted by Crippen LogP contribution is -2.48. The van der Waals surface area contributed by atoms with Gasteiger partial charge in [-0.2, -0.15) is 0 Å². The fourth-order valence-electron chi connectivity index (χ4n) is 3.60. The average molecular weight is 420 g/mol. The quantitative estimate of drug-likeness (QED) is 0.659. The van der Waals surface area contributed by atoms with E-state index in [2.05, 4.69) is 21.9 Å². The molecule has 1 atom stereocenters. The minimum atomic E-state index is -3.79. The minimum absolute atomic E-state index is 0.0569. The summed E-state index contributed by atoms with van der Waals surface area (Å²) in [5, 5.41) is 4.47. The van der Waals surface area contributed by atoms with Crippen molar-refractivity contribution < 1.29 is 12.8 Å². The van der Waals surface area contributed by atoms with Crippen molar-refractivity contribution in [3.8, 4) is 0 Å². The van der Waals surface area contributed by atoms with Gasteiger partial charge in [0.25, 0.3) is 10.0 Å². The van der Waals surface area contributed by atoms with Crippen LogP contribution in [0.4, 0.5) is 5.69 Å². The molecule has 0 bridgehead atoms. The SMILES string of the molecule is CC1CN(Cc2cc(NS(=O)(=O)c3ccccc3Cl)cc3ccoc23)CCN1. The van der Waals surface area contributed by atoms with E-state index in [-0.39, 0.29) is 9.92 Å². The van der Waals surface area contributed by atoms with Crippen LogP contribution < -0.4 is 10.0 Å². The maximum absolute atomic E-state index is 12.8. The van der Waals surface area contributed by atoms with Gasteiger partial charge in [0.2, 0.25) is 0 Å². The summed E-state index contributed by atoms with van der Waals surface area (Å²) < 4.78 is 33.9. The third kappa shape index (κ3) is 4.03. The molecule has 0 saturated carbocycles. The average Bonchev–Trinajstić information content (AvgIpc) is 3.10. The van der Waals surface area contributed by atoms with E-state index < -0.39 is 10.0 Å². The van der Waals surface area contributed by atoms with E-state index in [1.165, 1.54) is 6.07 Å². The van der Waals surface area contributed by atoms with Gasteiger partial charge in [0, 0.05) is 43.2 Å². The Hall–Kier alpha value is -2.06. The molecule has 0 radical (unpaired) electrons. The van der Waals surface area contributed by atoms with Crippen LogP contribution in [0.3, 0.4) is 0 Å². The maximum atomic E-state index is 12.8. The van der Waals surface area contributed by atoms with Crippen LogP contribution in [-0.4, -0.2) is 39.0 Å². The molecular formula is C20H22ClN3O3S. The van der Waals surface area contributed by atoms with Crippen LogP contribution in [0.5, 0.6) is 0 Å². The molecule has 6 nitrogen and oxygen atoms in total. The second-order valence-corrected chi connectivity index (χ2v) is 9.16. The number of halogens is 1. The van der Waals surface area contributed by atoms with Crippen molar-refractivity contribution in [1.29, 1.82) is 0 Å². The molecule has 2 aromatic carbocycles. The van der Waals surface area contributed by atoms with Crippen molar-refractivity contribution >= 4 is 38.3 Å². The van der Waals surface area contributed by atoms with E-state index in [1.807, 2.05) is 12.1 Å². The number of hydrogen-bond donors (Lipinski definition) is 2. The summed E-state index contributed by atoms with van der Waals surface area (Å²) in [6.07, 6.45) is 1.63. The van der Waals surface area contributed by atoms with E-state index in [0.29, 0.717) is 18.3 Å². The van der Waals surface area contributed by atoms with Crippen molar-refractivity contribution in [2.75, 3.05) is 24.4 Å². The number of nitrogens with zero attached hydrogens (tertiary/aromatic N) is 1. The molecule has 1 aromatic heterocycles. The highest BCUT2D eigenvalue weighted by Gasteiger charge is 2.21. The normalized spacial score (nSPS) is 18.4. The molecular weight excluding hydrogens is 398 g/mol. The topological polar surface area (TPSA) is 74.6 Å². The fraction of sp³-hybridized carbons (Fsp3) is 0.300. The standard InChI is InChI=1S/C20H22ClN3O3S/c1-14-12-24(8-7-22-14)13-16-11-17(10-15-6-9-27-20(15)16)23-28(25,26)19-5-3-2-4-18(19)21/h2-6,9-11,14,22-23H,7-8,12-13H2,1H3. The number of benzene rings is 2. The van der Waals surface area contributed by atoms with Gasteiger partial charge < -0.3 is 9.73 Å². The monoisotopic (exact) mass is 419 g/mol. The third-order valence-electron chi connectivity index (χ3n) is 4.85. The van der Waals surface area contributed by atoms with Crippen LogP contribution in [-0.2, 0) is 16.6 Å². The van der Waals surface area contributed by atoms with E-state index >= 15 is 0 Å². The number of furan rings is 1. The Morgan fingerprint density at radius 3 is 2.89 bits per heavy atom. The first-order valence-corrected chi connectivity index (χ1v) is 11.0. The number of sulfonamides is 1. The molecule has 2 N–H and O–H groups in total. The van der Waals surface area contributed by atoms with Gasteiger partial charge in [0.1, 0.15) is 10.5 Å². The molecule has 1 aliphatic rings. The van der Waals surface area contributed by atoms with Gasteiger partial charge >= 0.3 is 0 Å². The van der Waals surface area contributed by atoms with E-state index in [9.17, 15) is 8.42 Å². The van der Waals surface area contributed by atoms with Crippen LogP contribution in [0.1, 0.15) is 12.5 Å². The summed E-state index contributed by atoms with van der Waals surface area (Å²) in [4.78, 5) is 2.39. The summed E-state index contributed by atoms with van der Waals surface area (Å²) in [6, 6.07) is 12.3. The van der Waals surface area contributed by atoms with Gasteiger partial charge in [-0.3, -0.25) is 9.62 Å². The lowest BCUT2D eigenvalue weighted by molar-refractivity contribution is 0.200. The number of hydrogen-bond acceptors (Lipinski definition) is 5. The summed E-state index contributed by atoms with van der Waals surface area (Å²) >= 11 is 6.08. The highest BCUT2D eigenvalue weighted by molar-refractivity contribution is 7.92. The summed E-state index contributed by atoms with van der Waals surface area (Å²) in [5.41, 5.74) is 2.23. The van der Waals surface area contributed by atoms with Crippen LogP contribution in [0.2, 0.25) is 5.02 Å². The molecule has 0 aliphatic carbocycles. The first-order valence-electron chi connectivity index (χ1n) is 9.15. The lowest BCUT2D eigenvalue weighted by atomic mass is 10.1. The van der Waals surface area contributed by atoms with Crippen LogP contribution >= 0.6 is 11.6 Å². The Labute approximate surface area is 169 Å². The zero-order valence-corrected chi connectivity index (χ0v) is 17.1. The van der Waals surface area contributed by atoms with Gasteiger partial charge in [0.05, 0.1) is 17.0 Å². The Kier molecular flexibility index (Phi) is 5.33. The van der Waals surface area contributed by atoms with Crippen molar-refractivity contribution in [2.45, 2.75) is 24.4 Å². The Balaban J connectivity index is 1.66. The van der Waals surface area contributed by atoms with Gasteiger partial charge in [-0.1, -0.05) is 23.7 Å². The van der Waals surface area contributed by atoms with Crippen LogP contribution in [0, 0.1) is 0 Å². The summed E-state index contributed by atoms with van der Waals surface area (Å²) in [5.74, 6) is 0. The van der Waals surface area contributed by atoms with Gasteiger partial charge in [0.15, 0.2) is 0 Å². The third-order valence-corrected chi connectivity index (χ3v) is 6.73. The molecule has 28 heavy (non-hydrogen) atoms. The first kappa shape index (κ1) is 19.3. The largest absolute Gasteiger partial charge is 0.464 e. The lowest BCUT2D eigenvalue weighted by Gasteiger charge is -2.31. The second kappa shape index (κ2) is 7.75. The maximum Gasteiger partial charge on any atom is 0.263 e. The van der Waals surface area contributed by atoms with E-state index in [0.717, 1.165) is 36.2 Å². The molecule has 1 saturated heterocycles. The molecule has 1 aliphatic heterocycles. The van der Waals surface area contributed by atoms with Crippen molar-refractivity contribution in [3.05, 3.63) is 59.3 Å². The van der Waals surface area contributed by atoms with Crippen molar-refractivity contribution in [2.24, 2.45) is 0 Å². The van der Waals surface area contributed by atoms with E-state index in [4.69, 9.17) is 16.0 Å². The Morgan fingerprint density at radius 2 is 2.11 bits per heavy atom. The molecule has 8 heteroatoms. The Bertz CT molecular complexity index is 1100. The molecule has 3 aromatic rings. The molecule has 4 rings (SSSR count). The molecule has 1 unspecified atom stereocenters. The van der Waals surface area contributed by atoms with Gasteiger partial charge in [-0.05, 0) is 37.3 Å². The summed E-state index contributed by atoms with van der Waals surface area (Å²) in [6.45, 7) is 5.64. The Morgan fingerprint density at radius 1 is 1.29 bits per heavy atom. The van der Waals surface area contributed by atoms with Crippen molar-refractivity contribution in [3.63, 3.8) is 0 Å². The molecule has 0 spiro atoms. The fourth-order valence-corrected chi connectivity index (χ4v) is 5.16. The smallest absolute Gasteiger partial charge is 0.263 e. The van der Waals surface area contributed by atoms with E-state index in [1.54, 1.807) is 30.5 Å². The number of anilines is 1. The molecule has 2 heterocycles. The first-order chi connectivity index (χ1) is 13.4. The zero-order valence-electron chi connectivity index (χ0n) is 15.5. The van der Waals surface area contributed by atoms with Gasteiger partial charge in [-0.15, -0.1) is 0 Å². The highest BCUT2D eigenvalue weighted by Crippen LogP contribution is 2.29. The minimum Gasteiger partial charge on any atom is -0.464 e. The highest BCUT2D eigenvalue weighted by atomic mass is 35.5. The number of rotatable bonds is 5. The van der Waals surface area contributed by atoms with Gasteiger partial charge in [-0.25, -0.2) is 8.42 Å². The number of fused-ring (bicyclic) bond motifs is 1. The van der Waals surface area contributed by atoms with Crippen molar-refractivity contribution in [1.82, 2.24) is 10.2 Å². The molecule has 148 valence electrons. The van der Waals surface area contributed by atoms with Crippen LogP contribution in [0.25, 0.3) is 11.0 Å². The molecule has 1 fully saturated rings. The second-order valence-electron chi connectivity index (χ2n) is 7.10. The predicted molar refractivity (Wildman–Crippen MR) is 111 cm³/mol. The number of nitrogens with one attached hydrogen (secondary N) is 2. The molecule has 0 amide bonds. The zero-order chi connectivity index (χ0) is 19.7. The van der Waals surface area contributed by atoms with Crippen LogP contribution in [0.15, 0.2) is 58.0 Å².